The van der Waals surface area contributed by atoms with Crippen LogP contribution in [0.1, 0.15) is 11.3 Å². The summed E-state index contributed by atoms with van der Waals surface area (Å²) in [5, 5.41) is 2.74. The highest BCUT2D eigenvalue weighted by molar-refractivity contribution is 6.30. The Balaban J connectivity index is 2.13. The van der Waals surface area contributed by atoms with Gasteiger partial charge in [0.25, 0.3) is 0 Å². The number of methoxy groups -OCH3 is 1. The van der Waals surface area contributed by atoms with Crippen LogP contribution in [0.5, 0.6) is 5.75 Å². The smallest absolute Gasteiger partial charge is 0.161 e. The minimum Gasteiger partial charge on any atom is -0.497 e. The van der Waals surface area contributed by atoms with Crippen molar-refractivity contribution in [3.8, 4) is 17.1 Å². The first-order valence-corrected chi connectivity index (χ1v) is 7.05. The highest BCUT2D eigenvalue weighted by atomic mass is 35.5. The Hall–Kier alpha value is -2.13. The molecule has 3 aromatic rings. The molecule has 0 unspecified atom stereocenters. The number of hydrogen-bond donors (Lipinski definition) is 0. The summed E-state index contributed by atoms with van der Waals surface area (Å²) < 4.78 is 5.24. The molecule has 0 saturated heterocycles. The van der Waals surface area contributed by atoms with Crippen LogP contribution in [0.2, 0.25) is 5.15 Å². The number of fused-ring (bicyclic) bond motifs is 1. The number of aromatic nitrogens is 2. The van der Waals surface area contributed by atoms with Crippen LogP contribution in [0.4, 0.5) is 0 Å². The zero-order chi connectivity index (χ0) is 15.0. The zero-order valence-corrected chi connectivity index (χ0v) is 12.9. The third-order valence-corrected chi connectivity index (χ3v) is 4.00. The summed E-state index contributed by atoms with van der Waals surface area (Å²) in [7, 11) is 1.67. The van der Waals surface area contributed by atoms with Gasteiger partial charge >= 0.3 is 0 Å². The Morgan fingerprint density at radius 1 is 0.952 bits per heavy atom. The van der Waals surface area contributed by atoms with Gasteiger partial charge in [-0.25, -0.2) is 9.97 Å². The second-order valence-corrected chi connectivity index (χ2v) is 5.33. The van der Waals surface area contributed by atoms with Crippen molar-refractivity contribution in [1.82, 2.24) is 9.97 Å². The zero-order valence-electron chi connectivity index (χ0n) is 12.1. The second kappa shape index (κ2) is 5.34. The Morgan fingerprint density at radius 2 is 1.67 bits per heavy atom. The lowest BCUT2D eigenvalue weighted by molar-refractivity contribution is 0.415. The summed E-state index contributed by atoms with van der Waals surface area (Å²) in [5.41, 5.74) is 2.78. The number of halogens is 1. The summed E-state index contributed by atoms with van der Waals surface area (Å²) in [6.45, 7) is 3.87. The van der Waals surface area contributed by atoms with Crippen molar-refractivity contribution < 1.29 is 4.74 Å². The lowest BCUT2D eigenvalue weighted by atomic mass is 10.1. The highest BCUT2D eigenvalue weighted by Crippen LogP contribution is 2.27. The summed E-state index contributed by atoms with van der Waals surface area (Å²) in [5.74, 6) is 1.50. The van der Waals surface area contributed by atoms with Gasteiger partial charge in [0.2, 0.25) is 0 Å². The van der Waals surface area contributed by atoms with Gasteiger partial charge in [-0.2, -0.15) is 0 Å². The quantitative estimate of drug-likeness (QED) is 0.650. The number of nitrogens with zero attached hydrogens (tertiary/aromatic N) is 2. The Morgan fingerprint density at radius 3 is 2.38 bits per heavy atom. The lowest BCUT2D eigenvalue weighted by Gasteiger charge is -2.08. The van der Waals surface area contributed by atoms with E-state index in [0.717, 1.165) is 33.3 Å². The molecule has 0 aliphatic rings. The predicted molar refractivity (Wildman–Crippen MR) is 86.0 cm³/mol. The van der Waals surface area contributed by atoms with E-state index in [1.165, 1.54) is 0 Å². The van der Waals surface area contributed by atoms with Gasteiger partial charge in [0.05, 0.1) is 7.11 Å². The van der Waals surface area contributed by atoms with E-state index >= 15 is 0 Å². The summed E-state index contributed by atoms with van der Waals surface area (Å²) >= 11 is 6.16. The molecule has 106 valence electrons. The topological polar surface area (TPSA) is 35.0 Å². The number of benzene rings is 2. The molecule has 1 heterocycles. The van der Waals surface area contributed by atoms with Gasteiger partial charge in [-0.15, -0.1) is 0 Å². The summed E-state index contributed by atoms with van der Waals surface area (Å²) in [4.78, 5) is 8.90. The molecule has 0 amide bonds. The van der Waals surface area contributed by atoms with Crippen molar-refractivity contribution in [2.75, 3.05) is 7.11 Å². The van der Waals surface area contributed by atoms with Crippen LogP contribution in [0.15, 0.2) is 36.4 Å². The summed E-state index contributed by atoms with van der Waals surface area (Å²) in [6.07, 6.45) is 0. The van der Waals surface area contributed by atoms with Crippen molar-refractivity contribution in [2.45, 2.75) is 13.8 Å². The average Bonchev–Trinajstić information content (AvgIpc) is 2.51. The molecule has 0 fully saturated rings. The number of ether oxygens (including phenoxy) is 1. The standard InChI is InChI=1S/C17H15ClN2O/c1-10-11(2)19-17(20-16(10)18)14-5-4-13-9-15(21-3)7-6-12(13)8-14/h4-9H,1-3H3. The van der Waals surface area contributed by atoms with E-state index < -0.39 is 0 Å². The number of hydrogen-bond acceptors (Lipinski definition) is 3. The molecule has 0 saturated carbocycles. The van der Waals surface area contributed by atoms with Gasteiger partial charge in [0.15, 0.2) is 5.82 Å². The fraction of sp³-hybridized carbons (Fsp3) is 0.176. The number of rotatable bonds is 2. The third-order valence-electron chi connectivity index (χ3n) is 3.64. The van der Waals surface area contributed by atoms with Gasteiger partial charge in [0, 0.05) is 16.8 Å². The molecule has 0 spiro atoms. The van der Waals surface area contributed by atoms with E-state index in [1.54, 1.807) is 7.11 Å². The molecule has 3 nitrogen and oxygen atoms in total. The van der Waals surface area contributed by atoms with Crippen molar-refractivity contribution in [1.29, 1.82) is 0 Å². The fourth-order valence-electron chi connectivity index (χ4n) is 2.21. The highest BCUT2D eigenvalue weighted by Gasteiger charge is 2.09. The van der Waals surface area contributed by atoms with Crippen molar-refractivity contribution >= 4 is 22.4 Å². The van der Waals surface area contributed by atoms with Crippen LogP contribution >= 0.6 is 11.6 Å². The first kappa shape index (κ1) is 13.8. The van der Waals surface area contributed by atoms with E-state index in [9.17, 15) is 0 Å². The monoisotopic (exact) mass is 298 g/mol. The molecule has 0 atom stereocenters. The van der Waals surface area contributed by atoms with Crippen molar-refractivity contribution in [3.63, 3.8) is 0 Å². The SMILES string of the molecule is COc1ccc2cc(-c3nc(C)c(C)c(Cl)n3)ccc2c1. The van der Waals surface area contributed by atoms with Crippen LogP contribution in [0.3, 0.4) is 0 Å². The van der Waals surface area contributed by atoms with Crippen LogP contribution in [-0.2, 0) is 0 Å². The summed E-state index contributed by atoms with van der Waals surface area (Å²) in [6, 6.07) is 12.1. The first-order valence-electron chi connectivity index (χ1n) is 6.67. The van der Waals surface area contributed by atoms with E-state index in [1.807, 2.05) is 44.2 Å². The van der Waals surface area contributed by atoms with Crippen LogP contribution in [0, 0.1) is 13.8 Å². The van der Waals surface area contributed by atoms with Crippen LogP contribution in [0.25, 0.3) is 22.2 Å². The second-order valence-electron chi connectivity index (χ2n) is 4.98. The van der Waals surface area contributed by atoms with Crippen molar-refractivity contribution in [3.05, 3.63) is 52.8 Å². The van der Waals surface area contributed by atoms with Gasteiger partial charge in [-0.3, -0.25) is 0 Å². The largest absolute Gasteiger partial charge is 0.497 e. The molecule has 0 aliphatic heterocycles. The third kappa shape index (κ3) is 2.57. The van der Waals surface area contributed by atoms with Gasteiger partial charge in [0.1, 0.15) is 10.9 Å². The van der Waals surface area contributed by atoms with Crippen LogP contribution in [-0.4, -0.2) is 17.1 Å². The minimum atomic E-state index is 0.507. The molecule has 4 heteroatoms. The molecule has 0 N–H and O–H groups in total. The molecule has 21 heavy (non-hydrogen) atoms. The molecule has 0 radical (unpaired) electrons. The van der Waals surface area contributed by atoms with E-state index in [0.29, 0.717) is 11.0 Å². The predicted octanol–water partition coefficient (Wildman–Crippen LogP) is 4.58. The maximum absolute atomic E-state index is 6.16. The maximum Gasteiger partial charge on any atom is 0.161 e. The molecular weight excluding hydrogens is 284 g/mol. The van der Waals surface area contributed by atoms with Crippen molar-refractivity contribution in [2.24, 2.45) is 0 Å². The van der Waals surface area contributed by atoms with E-state index in [4.69, 9.17) is 16.3 Å². The Bertz CT molecular complexity index is 807. The van der Waals surface area contributed by atoms with Gasteiger partial charge in [-0.05, 0) is 42.8 Å². The van der Waals surface area contributed by atoms with E-state index in [2.05, 4.69) is 16.0 Å². The molecule has 1 aromatic heterocycles. The minimum absolute atomic E-state index is 0.507. The normalized spacial score (nSPS) is 10.9. The Kier molecular flexibility index (Phi) is 3.52. The van der Waals surface area contributed by atoms with Gasteiger partial charge < -0.3 is 4.74 Å². The van der Waals surface area contributed by atoms with Gasteiger partial charge in [-0.1, -0.05) is 29.8 Å². The Labute approximate surface area is 128 Å². The number of aryl methyl sites for hydroxylation is 1. The molecule has 0 bridgehead atoms. The lowest BCUT2D eigenvalue weighted by Crippen LogP contribution is -1.96. The van der Waals surface area contributed by atoms with E-state index in [-0.39, 0.29) is 0 Å². The average molecular weight is 299 g/mol. The molecular formula is C17H15ClN2O. The fourth-order valence-corrected chi connectivity index (χ4v) is 2.43. The molecule has 0 aliphatic carbocycles. The molecule has 3 rings (SSSR count). The molecule has 2 aromatic carbocycles. The van der Waals surface area contributed by atoms with Crippen LogP contribution < -0.4 is 4.74 Å². The maximum atomic E-state index is 6.16. The first-order chi connectivity index (χ1) is 10.1.